The third kappa shape index (κ3) is 9800. The molecule has 0 bridgehead atoms. The van der Waals surface area contributed by atoms with Crippen LogP contribution in [0.3, 0.4) is 0 Å². The van der Waals surface area contributed by atoms with Gasteiger partial charge in [0.25, 0.3) is 0 Å². The van der Waals surface area contributed by atoms with Crippen molar-refractivity contribution in [3.05, 3.63) is 43.4 Å². The molecule has 0 N–H and O–H groups in total. The molecule has 10 heteroatoms. The maximum Gasteiger partial charge on any atom is 4.00 e. The van der Waals surface area contributed by atoms with Crippen molar-refractivity contribution >= 4 is 0 Å². The summed E-state index contributed by atoms with van der Waals surface area (Å²) < 4.78 is 0. The molecule has 0 aliphatic heterocycles. The molecule has 0 aromatic carbocycles. The first-order valence-electron chi connectivity index (χ1n) is 1.30. The van der Waals surface area contributed by atoms with Crippen molar-refractivity contribution in [2.75, 3.05) is 0 Å². The van der Waals surface area contributed by atoms with E-state index in [0.29, 0.717) is 0 Å². The van der Waals surface area contributed by atoms with E-state index < -0.39 is 0 Å². The average Bonchev–Trinajstić information content (AvgIpc) is 2.33. The number of rotatable bonds is 0. The first kappa shape index (κ1) is 86.5. The van der Waals surface area contributed by atoms with Gasteiger partial charge in [-0.1, -0.05) is 0 Å². The smallest absolute Gasteiger partial charge is 0.577 e. The molecule has 0 atom stereocenters. The number of nitrogens with zero attached hydrogens (tertiary/aromatic N) is 6. The standard InChI is InChI=1S/5CN.Fe.NO.2Na/c5*1-2;;1-2;;/q5*-1;+4;-1;2*+1. The Morgan fingerprint density at radius 1 is 0.533 bits per heavy atom. The Hall–Kier alpha value is -0.431. The van der Waals surface area contributed by atoms with E-state index >= 15 is 0 Å². The first-order valence-corrected chi connectivity index (χ1v) is 1.30. The second kappa shape index (κ2) is 11600. The molecule has 0 saturated carbocycles. The van der Waals surface area contributed by atoms with E-state index in [2.05, 4.69) is 0 Å². The predicted molar refractivity (Wildman–Crippen MR) is 31.6 cm³/mol. The van der Waals surface area contributed by atoms with E-state index in [4.69, 9.17) is 69.7 Å². The summed E-state index contributed by atoms with van der Waals surface area (Å²) >= 11 is 0. The van der Waals surface area contributed by atoms with Gasteiger partial charge in [-0.25, -0.2) is 0 Å². The van der Waals surface area contributed by atoms with Crippen LogP contribution in [0.25, 0.3) is 5.59 Å². The van der Waals surface area contributed by atoms with E-state index in [9.17, 15) is 0 Å². The van der Waals surface area contributed by atoms with Gasteiger partial charge in [0.15, 0.2) is 0 Å². The molecule has 0 amide bonds. The molecule has 0 heterocycles. The molecule has 7 nitrogen and oxygen atoms in total. The summed E-state index contributed by atoms with van der Waals surface area (Å²) in [4.78, 5) is 7.25. The summed E-state index contributed by atoms with van der Waals surface area (Å²) in [5.74, 6) is 0. The molecule has 0 fully saturated rings. The van der Waals surface area contributed by atoms with Crippen molar-refractivity contribution < 1.29 is 76.2 Å². The van der Waals surface area contributed by atoms with Crippen LogP contribution in [0, 0.1) is 64.1 Å². The third-order valence-corrected chi connectivity index (χ3v) is 0. The Morgan fingerprint density at radius 3 is 0.533 bits per heavy atom. The first-order chi connectivity index (χ1) is 6.00. The van der Waals surface area contributed by atoms with Crippen LogP contribution in [0.5, 0.6) is 0 Å². The Balaban J connectivity index is -0.00000000396. The fourth-order valence-corrected chi connectivity index (χ4v) is 0. The normalized spacial score (nSPS) is 0.933. The van der Waals surface area contributed by atoms with Crippen molar-refractivity contribution in [3.8, 4) is 0 Å². The topological polar surface area (TPSA) is 158 Å². The van der Waals surface area contributed by atoms with Gasteiger partial charge in [-0.15, -0.1) is 0 Å². The molecule has 0 rings (SSSR count). The van der Waals surface area contributed by atoms with Gasteiger partial charge in [-0.05, 0) is 0 Å². The van der Waals surface area contributed by atoms with Crippen LogP contribution in [0.1, 0.15) is 0 Å². The van der Waals surface area contributed by atoms with E-state index in [-0.39, 0.29) is 76.2 Å². The van der Waals surface area contributed by atoms with Crippen LogP contribution in [0.2, 0.25) is 0 Å². The summed E-state index contributed by atoms with van der Waals surface area (Å²) in [6, 6.07) is 0. The molecular weight excluding hydrogens is 262 g/mol. The zero-order valence-electron chi connectivity index (χ0n) is 7.95. The largest absolute Gasteiger partial charge is 4.00 e. The van der Waals surface area contributed by atoms with Crippen molar-refractivity contribution in [3.63, 3.8) is 0 Å². The fraction of sp³-hybridized carbons (Fsp3) is 0. The van der Waals surface area contributed by atoms with Crippen LogP contribution in [0.4, 0.5) is 0 Å². The molecule has 0 unspecified atom stereocenters. The van der Waals surface area contributed by atoms with Gasteiger partial charge in [0.1, 0.15) is 0 Å². The van der Waals surface area contributed by atoms with Crippen molar-refractivity contribution in [1.29, 1.82) is 26.3 Å². The maximum absolute atomic E-state index is 7.25. The molecule has 15 heavy (non-hydrogen) atoms. The second-order valence-electron chi connectivity index (χ2n) is 0. The molecule has 0 spiro atoms. The Labute approximate surface area is 144 Å². The van der Waals surface area contributed by atoms with Crippen LogP contribution in [-0.2, 0) is 17.1 Å². The zero-order chi connectivity index (χ0) is 12.0. The Kier molecular flexibility index (Phi) is 66700. The summed E-state index contributed by atoms with van der Waals surface area (Å²) in [7, 11) is 0. The van der Waals surface area contributed by atoms with Gasteiger partial charge in [0, 0.05) is 0 Å². The fourth-order valence-electron chi connectivity index (χ4n) is 0. The molecule has 0 aliphatic rings. The molecule has 66 valence electrons. The summed E-state index contributed by atoms with van der Waals surface area (Å²) in [6.07, 6.45) is 0. The summed E-state index contributed by atoms with van der Waals surface area (Å²) in [5, 5.41) is 31.2. The van der Waals surface area contributed by atoms with Gasteiger partial charge in [0.2, 0.25) is 0 Å². The minimum absolute atomic E-state index is 0. The van der Waals surface area contributed by atoms with Gasteiger partial charge >= 0.3 is 76.2 Å². The monoisotopic (exact) mass is 262 g/mol. The quantitative estimate of drug-likeness (QED) is 0.313. The zero-order valence-corrected chi connectivity index (χ0v) is 13.0. The van der Waals surface area contributed by atoms with Crippen LogP contribution < -0.4 is 59.1 Å². The molecule has 0 aromatic rings. The molecular formula is C5FeN6Na2O. The maximum atomic E-state index is 7.25. The van der Waals surface area contributed by atoms with Crippen molar-refractivity contribution in [2.45, 2.75) is 0 Å². The Morgan fingerprint density at radius 2 is 0.533 bits per heavy atom. The minimum Gasteiger partial charge on any atom is -0.577 e. The predicted octanol–water partition coefficient (Wildman–Crippen LogP) is -5.19. The van der Waals surface area contributed by atoms with Crippen molar-refractivity contribution in [1.82, 2.24) is 0 Å². The molecule has 0 radical (unpaired) electrons. The number of hydrogen-bond donors (Lipinski definition) is 0. The second-order valence-corrected chi connectivity index (χ2v) is 0. The third-order valence-electron chi connectivity index (χ3n) is 0. The van der Waals surface area contributed by atoms with Crippen molar-refractivity contribution in [2.24, 2.45) is 0 Å². The SMILES string of the molecule is [C-]#N.[C-]#N.[C-]#N.[C-]#N.[C-]#N.[Fe+4].[N-]=O.[Na+].[Na+]. The van der Waals surface area contributed by atoms with Gasteiger partial charge in [-0.2, -0.15) is 0 Å². The Bertz CT molecular complexity index is 98.9. The van der Waals surface area contributed by atoms with Crippen LogP contribution in [-0.4, -0.2) is 0 Å². The molecule has 0 aliphatic carbocycles. The van der Waals surface area contributed by atoms with Crippen LogP contribution in [0.15, 0.2) is 0 Å². The summed E-state index contributed by atoms with van der Waals surface area (Å²) in [6.45, 7) is 23.8. The van der Waals surface area contributed by atoms with Gasteiger partial charge in [0.05, 0.1) is 0 Å². The van der Waals surface area contributed by atoms with Gasteiger partial charge < -0.3 is 69.7 Å². The van der Waals surface area contributed by atoms with E-state index in [1.54, 1.807) is 0 Å². The van der Waals surface area contributed by atoms with E-state index in [1.807, 2.05) is 0 Å². The molecule has 0 aromatic heterocycles. The summed E-state index contributed by atoms with van der Waals surface area (Å²) in [5.41, 5.74) is 5.75. The number of hydrogen-bond acceptors (Lipinski definition) is 6. The number of nitroso groups, excluding NO2 is 1. The molecule has 0 saturated heterocycles. The van der Waals surface area contributed by atoms with E-state index in [1.165, 1.54) is 0 Å². The average molecular weight is 262 g/mol. The minimum atomic E-state index is 0. The van der Waals surface area contributed by atoms with E-state index in [0.717, 1.165) is 0 Å². The van der Waals surface area contributed by atoms with Gasteiger partial charge in [-0.3, -0.25) is 0 Å². The van der Waals surface area contributed by atoms with Crippen LogP contribution >= 0.6 is 0 Å².